The van der Waals surface area contributed by atoms with E-state index in [1.807, 2.05) is 19.1 Å². The van der Waals surface area contributed by atoms with Crippen molar-refractivity contribution < 1.29 is 4.79 Å². The minimum atomic E-state index is -0.453. The van der Waals surface area contributed by atoms with Gasteiger partial charge in [-0.25, -0.2) is 0 Å². The van der Waals surface area contributed by atoms with Crippen molar-refractivity contribution in [2.75, 3.05) is 24.5 Å². The first kappa shape index (κ1) is 15.1. The maximum atomic E-state index is 11.5. The minimum absolute atomic E-state index is 0.236. The minimum Gasteiger partial charge on any atom is -0.369 e. The second-order valence-corrected chi connectivity index (χ2v) is 6.07. The molecule has 1 heterocycles. The van der Waals surface area contributed by atoms with Crippen molar-refractivity contribution in [3.05, 3.63) is 28.8 Å². The number of hydrogen-bond acceptors (Lipinski definition) is 3. The van der Waals surface area contributed by atoms with Crippen molar-refractivity contribution in [3.63, 3.8) is 0 Å². The molecule has 5 heteroatoms. The lowest BCUT2D eigenvalue weighted by molar-refractivity contribution is -0.125. The van der Waals surface area contributed by atoms with E-state index in [2.05, 4.69) is 23.2 Å². The first-order chi connectivity index (χ1) is 9.46. The number of halogens is 1. The van der Waals surface area contributed by atoms with Crippen LogP contribution in [0.2, 0.25) is 5.02 Å². The Kier molecular flexibility index (Phi) is 4.55. The number of nitrogens with two attached hydrogens (primary N) is 1. The highest BCUT2D eigenvalue weighted by Gasteiger charge is 2.39. The number of nitrogens with one attached hydrogen (secondary N) is 1. The van der Waals surface area contributed by atoms with Crippen LogP contribution >= 0.6 is 11.6 Å². The summed E-state index contributed by atoms with van der Waals surface area (Å²) in [6, 6.07) is 6.09. The highest BCUT2D eigenvalue weighted by Crippen LogP contribution is 2.36. The van der Waals surface area contributed by atoms with Gasteiger partial charge in [0.2, 0.25) is 5.91 Å². The van der Waals surface area contributed by atoms with E-state index in [9.17, 15) is 4.79 Å². The summed E-state index contributed by atoms with van der Waals surface area (Å²) in [5.41, 5.74) is 7.18. The van der Waals surface area contributed by atoms with Crippen LogP contribution < -0.4 is 16.0 Å². The van der Waals surface area contributed by atoms with Crippen molar-refractivity contribution >= 4 is 23.2 Å². The molecule has 1 atom stereocenters. The fourth-order valence-electron chi connectivity index (χ4n) is 2.55. The van der Waals surface area contributed by atoms with Gasteiger partial charge in [0.05, 0.1) is 16.1 Å². The number of carbonyl (C=O) groups is 1. The molecule has 0 radical (unpaired) electrons. The fourth-order valence-corrected chi connectivity index (χ4v) is 2.88. The zero-order chi connectivity index (χ0) is 14.8. The topological polar surface area (TPSA) is 58.4 Å². The molecule has 110 valence electrons. The SMILES string of the molecule is CCNCc1ccc(N2CCC(C)(C(N)=O)C2)c(Cl)c1. The van der Waals surface area contributed by atoms with Crippen LogP contribution in [-0.2, 0) is 11.3 Å². The van der Waals surface area contributed by atoms with Crippen LogP contribution in [0, 0.1) is 5.41 Å². The predicted octanol–water partition coefficient (Wildman–Crippen LogP) is 2.15. The predicted molar refractivity (Wildman–Crippen MR) is 83.0 cm³/mol. The Morgan fingerprint density at radius 2 is 2.30 bits per heavy atom. The van der Waals surface area contributed by atoms with E-state index < -0.39 is 5.41 Å². The van der Waals surface area contributed by atoms with E-state index in [1.54, 1.807) is 0 Å². The van der Waals surface area contributed by atoms with Crippen molar-refractivity contribution in [1.29, 1.82) is 0 Å². The molecule has 2 rings (SSSR count). The third-order valence-electron chi connectivity index (χ3n) is 4.00. The van der Waals surface area contributed by atoms with Crippen molar-refractivity contribution in [2.45, 2.75) is 26.8 Å². The summed E-state index contributed by atoms with van der Waals surface area (Å²) in [6.45, 7) is 7.19. The van der Waals surface area contributed by atoms with Crippen molar-refractivity contribution in [3.8, 4) is 0 Å². The number of rotatable bonds is 5. The normalized spacial score (nSPS) is 22.2. The summed E-state index contributed by atoms with van der Waals surface area (Å²) in [7, 11) is 0. The number of carbonyl (C=O) groups excluding carboxylic acids is 1. The Morgan fingerprint density at radius 1 is 1.55 bits per heavy atom. The molecule has 0 aromatic heterocycles. The van der Waals surface area contributed by atoms with Crippen molar-refractivity contribution in [2.24, 2.45) is 11.1 Å². The van der Waals surface area contributed by atoms with Gasteiger partial charge in [0.25, 0.3) is 0 Å². The molecule has 1 unspecified atom stereocenters. The van der Waals surface area contributed by atoms with Gasteiger partial charge in [-0.2, -0.15) is 0 Å². The quantitative estimate of drug-likeness (QED) is 0.875. The van der Waals surface area contributed by atoms with E-state index in [1.165, 1.54) is 0 Å². The summed E-state index contributed by atoms with van der Waals surface area (Å²) in [4.78, 5) is 13.7. The number of amides is 1. The number of hydrogen-bond donors (Lipinski definition) is 2. The number of anilines is 1. The molecule has 1 aliphatic heterocycles. The molecule has 1 amide bonds. The maximum Gasteiger partial charge on any atom is 0.225 e. The molecule has 1 aromatic carbocycles. The van der Waals surface area contributed by atoms with Crippen LogP contribution in [0.3, 0.4) is 0 Å². The first-order valence-electron chi connectivity index (χ1n) is 7.00. The Balaban J connectivity index is 2.12. The van der Waals surface area contributed by atoms with E-state index in [-0.39, 0.29) is 5.91 Å². The molecule has 20 heavy (non-hydrogen) atoms. The van der Waals surface area contributed by atoms with E-state index >= 15 is 0 Å². The molecule has 1 fully saturated rings. The molecule has 3 N–H and O–H groups in total. The summed E-state index contributed by atoms with van der Waals surface area (Å²) in [5, 5.41) is 4.01. The van der Waals surface area contributed by atoms with Crippen LogP contribution in [0.15, 0.2) is 18.2 Å². The van der Waals surface area contributed by atoms with Gasteiger partial charge >= 0.3 is 0 Å². The molecular formula is C15H22ClN3O. The third-order valence-corrected chi connectivity index (χ3v) is 4.30. The second-order valence-electron chi connectivity index (χ2n) is 5.66. The molecule has 1 saturated heterocycles. The molecule has 0 spiro atoms. The highest BCUT2D eigenvalue weighted by atomic mass is 35.5. The van der Waals surface area contributed by atoms with E-state index in [0.717, 1.165) is 42.3 Å². The van der Waals surface area contributed by atoms with Crippen LogP contribution in [0.5, 0.6) is 0 Å². The third kappa shape index (κ3) is 3.07. The summed E-state index contributed by atoms with van der Waals surface area (Å²) in [5.74, 6) is -0.236. The maximum absolute atomic E-state index is 11.5. The average Bonchev–Trinajstić information content (AvgIpc) is 2.80. The zero-order valence-electron chi connectivity index (χ0n) is 12.1. The van der Waals surface area contributed by atoms with Gasteiger partial charge in [-0.15, -0.1) is 0 Å². The van der Waals surface area contributed by atoms with Gasteiger partial charge in [0.15, 0.2) is 0 Å². The standard InChI is InChI=1S/C15H22ClN3O/c1-3-18-9-11-4-5-13(12(16)8-11)19-7-6-15(2,10-19)14(17)20/h4-5,8,18H,3,6-7,9-10H2,1-2H3,(H2,17,20). The molecule has 0 bridgehead atoms. The zero-order valence-corrected chi connectivity index (χ0v) is 12.8. The van der Waals surface area contributed by atoms with Crippen LogP contribution in [0.25, 0.3) is 0 Å². The summed E-state index contributed by atoms with van der Waals surface area (Å²) in [6.07, 6.45) is 0.776. The monoisotopic (exact) mass is 295 g/mol. The summed E-state index contributed by atoms with van der Waals surface area (Å²) < 4.78 is 0. The Morgan fingerprint density at radius 3 is 2.85 bits per heavy atom. The smallest absolute Gasteiger partial charge is 0.225 e. The highest BCUT2D eigenvalue weighted by molar-refractivity contribution is 6.33. The number of nitrogens with zero attached hydrogens (tertiary/aromatic N) is 1. The molecular weight excluding hydrogens is 274 g/mol. The van der Waals surface area contributed by atoms with Gasteiger partial charge in [-0.1, -0.05) is 24.6 Å². The van der Waals surface area contributed by atoms with E-state index in [0.29, 0.717) is 6.54 Å². The van der Waals surface area contributed by atoms with Gasteiger partial charge in [-0.05, 0) is 37.6 Å². The molecule has 4 nitrogen and oxygen atoms in total. The number of benzene rings is 1. The average molecular weight is 296 g/mol. The lowest BCUT2D eigenvalue weighted by Gasteiger charge is -2.23. The van der Waals surface area contributed by atoms with Gasteiger partial charge in [0.1, 0.15) is 0 Å². The van der Waals surface area contributed by atoms with Crippen LogP contribution in [0.4, 0.5) is 5.69 Å². The van der Waals surface area contributed by atoms with Crippen molar-refractivity contribution in [1.82, 2.24) is 5.32 Å². The Bertz CT molecular complexity index is 506. The Hall–Kier alpha value is -1.26. The van der Waals surface area contributed by atoms with Gasteiger partial charge in [-0.3, -0.25) is 4.79 Å². The van der Waals surface area contributed by atoms with E-state index in [4.69, 9.17) is 17.3 Å². The lowest BCUT2D eigenvalue weighted by atomic mass is 9.89. The molecule has 1 aromatic rings. The summed E-state index contributed by atoms with van der Waals surface area (Å²) >= 11 is 6.38. The second kappa shape index (κ2) is 6.02. The molecule has 0 aliphatic carbocycles. The van der Waals surface area contributed by atoms with Crippen LogP contribution in [0.1, 0.15) is 25.8 Å². The number of primary amides is 1. The first-order valence-corrected chi connectivity index (χ1v) is 7.38. The fraction of sp³-hybridized carbons (Fsp3) is 0.533. The molecule has 1 aliphatic rings. The molecule has 0 saturated carbocycles. The van der Waals surface area contributed by atoms with Crippen LogP contribution in [-0.4, -0.2) is 25.5 Å². The Labute approximate surface area is 125 Å². The lowest BCUT2D eigenvalue weighted by Crippen LogP contribution is -2.37. The largest absolute Gasteiger partial charge is 0.369 e. The van der Waals surface area contributed by atoms with Gasteiger partial charge < -0.3 is 16.0 Å². The van der Waals surface area contributed by atoms with Gasteiger partial charge in [0, 0.05) is 19.6 Å².